The van der Waals surface area contributed by atoms with Gasteiger partial charge in [0, 0.05) is 31.5 Å². The number of aromatic amines is 1. The number of thiazole rings is 1. The van der Waals surface area contributed by atoms with Crippen LogP contribution in [0, 0.1) is 5.82 Å². The highest BCUT2D eigenvalue weighted by Crippen LogP contribution is 2.31. The van der Waals surface area contributed by atoms with Crippen molar-refractivity contribution in [2.24, 2.45) is 0 Å². The Hall–Kier alpha value is -3.00. The van der Waals surface area contributed by atoms with Gasteiger partial charge >= 0.3 is 0 Å². The minimum atomic E-state index is -0.335. The zero-order valence-electron chi connectivity index (χ0n) is 14.9. The SMILES string of the molecule is O=C(c1ccc2nc[nH]c2c1)N1CCC(Oc2nc3c(F)cccc3s2)CC1. The van der Waals surface area contributed by atoms with Gasteiger partial charge in [0.15, 0.2) is 0 Å². The van der Waals surface area contributed by atoms with E-state index >= 15 is 0 Å². The number of piperidine rings is 1. The van der Waals surface area contributed by atoms with Crippen molar-refractivity contribution in [3.63, 3.8) is 0 Å². The third kappa shape index (κ3) is 3.09. The number of likely N-dealkylation sites (tertiary alicyclic amines) is 1. The maximum atomic E-state index is 13.8. The molecule has 1 saturated heterocycles. The molecule has 0 unspecified atom stereocenters. The highest BCUT2D eigenvalue weighted by Gasteiger charge is 2.26. The molecule has 0 aliphatic carbocycles. The Bertz CT molecular complexity index is 1160. The first-order chi connectivity index (χ1) is 13.7. The molecule has 28 heavy (non-hydrogen) atoms. The van der Waals surface area contributed by atoms with Crippen molar-refractivity contribution in [2.45, 2.75) is 18.9 Å². The summed E-state index contributed by atoms with van der Waals surface area (Å²) in [5.41, 5.74) is 2.70. The number of benzene rings is 2. The van der Waals surface area contributed by atoms with Crippen molar-refractivity contribution in [2.75, 3.05) is 13.1 Å². The molecule has 0 atom stereocenters. The van der Waals surface area contributed by atoms with E-state index in [0.717, 1.165) is 28.6 Å². The minimum Gasteiger partial charge on any atom is -0.467 e. The van der Waals surface area contributed by atoms with Crippen LogP contribution in [0.4, 0.5) is 4.39 Å². The van der Waals surface area contributed by atoms with Gasteiger partial charge in [-0.15, -0.1) is 0 Å². The zero-order valence-corrected chi connectivity index (χ0v) is 15.7. The fourth-order valence-corrected chi connectivity index (χ4v) is 4.41. The second kappa shape index (κ2) is 6.87. The summed E-state index contributed by atoms with van der Waals surface area (Å²) in [5.74, 6) is -0.324. The molecular formula is C20H17FN4O2S. The molecule has 1 aliphatic rings. The van der Waals surface area contributed by atoms with E-state index in [9.17, 15) is 9.18 Å². The van der Waals surface area contributed by atoms with Gasteiger partial charge in [0.05, 0.1) is 22.1 Å². The Balaban J connectivity index is 1.24. The van der Waals surface area contributed by atoms with Crippen LogP contribution in [0.1, 0.15) is 23.2 Å². The molecule has 2 aromatic heterocycles. The van der Waals surface area contributed by atoms with E-state index in [2.05, 4.69) is 15.0 Å². The summed E-state index contributed by atoms with van der Waals surface area (Å²) in [6.45, 7) is 1.23. The van der Waals surface area contributed by atoms with E-state index in [1.165, 1.54) is 17.4 Å². The van der Waals surface area contributed by atoms with Gasteiger partial charge in [0.2, 0.25) is 0 Å². The number of hydrogen-bond donors (Lipinski definition) is 1. The third-order valence-electron chi connectivity index (χ3n) is 5.01. The van der Waals surface area contributed by atoms with Gasteiger partial charge in [-0.25, -0.2) is 9.37 Å². The van der Waals surface area contributed by atoms with Gasteiger partial charge in [-0.3, -0.25) is 4.79 Å². The van der Waals surface area contributed by atoms with E-state index in [4.69, 9.17) is 4.74 Å². The van der Waals surface area contributed by atoms with Crippen LogP contribution in [0.15, 0.2) is 42.7 Å². The highest BCUT2D eigenvalue weighted by atomic mass is 32.1. The number of nitrogens with one attached hydrogen (secondary N) is 1. The molecule has 1 fully saturated rings. The number of H-pyrrole nitrogens is 1. The van der Waals surface area contributed by atoms with Crippen LogP contribution in [0.5, 0.6) is 5.19 Å². The van der Waals surface area contributed by atoms with Gasteiger partial charge in [-0.05, 0) is 30.3 Å². The highest BCUT2D eigenvalue weighted by molar-refractivity contribution is 7.20. The molecule has 1 N–H and O–H groups in total. The second-order valence-electron chi connectivity index (χ2n) is 6.81. The summed E-state index contributed by atoms with van der Waals surface area (Å²) >= 11 is 1.35. The van der Waals surface area contributed by atoms with Crippen molar-refractivity contribution in [1.82, 2.24) is 19.9 Å². The van der Waals surface area contributed by atoms with Crippen molar-refractivity contribution < 1.29 is 13.9 Å². The van der Waals surface area contributed by atoms with Crippen LogP contribution in [0.3, 0.4) is 0 Å². The van der Waals surface area contributed by atoms with Crippen LogP contribution in [-0.2, 0) is 0 Å². The quantitative estimate of drug-likeness (QED) is 0.568. The molecule has 1 aliphatic heterocycles. The van der Waals surface area contributed by atoms with Gasteiger partial charge in [-0.1, -0.05) is 17.4 Å². The fraction of sp³-hybridized carbons (Fsp3) is 0.250. The van der Waals surface area contributed by atoms with Gasteiger partial charge in [0.25, 0.3) is 11.1 Å². The fourth-order valence-electron chi connectivity index (χ4n) is 3.52. The number of rotatable bonds is 3. The molecule has 8 heteroatoms. The van der Waals surface area contributed by atoms with E-state index in [1.807, 2.05) is 29.2 Å². The number of carbonyl (C=O) groups excluding carboxylic acids is 1. The third-order valence-corrected chi connectivity index (χ3v) is 5.93. The van der Waals surface area contributed by atoms with Crippen molar-refractivity contribution in [1.29, 1.82) is 0 Å². The van der Waals surface area contributed by atoms with Crippen LogP contribution >= 0.6 is 11.3 Å². The summed E-state index contributed by atoms with van der Waals surface area (Å²) in [7, 11) is 0. The molecular weight excluding hydrogens is 379 g/mol. The Morgan fingerprint density at radius 3 is 2.93 bits per heavy atom. The zero-order chi connectivity index (χ0) is 19.1. The predicted octanol–water partition coefficient (Wildman–Crippen LogP) is 4.00. The van der Waals surface area contributed by atoms with E-state index in [1.54, 1.807) is 12.4 Å². The molecule has 2 aromatic carbocycles. The number of amides is 1. The first-order valence-electron chi connectivity index (χ1n) is 9.11. The topological polar surface area (TPSA) is 71.1 Å². The maximum Gasteiger partial charge on any atom is 0.274 e. The summed E-state index contributed by atoms with van der Waals surface area (Å²) in [5, 5.41) is 0.481. The van der Waals surface area contributed by atoms with E-state index in [0.29, 0.717) is 29.4 Å². The van der Waals surface area contributed by atoms with Crippen LogP contribution < -0.4 is 4.74 Å². The predicted molar refractivity (Wildman–Crippen MR) is 105 cm³/mol. The molecule has 0 radical (unpaired) electrons. The Morgan fingerprint density at radius 2 is 2.11 bits per heavy atom. The lowest BCUT2D eigenvalue weighted by Gasteiger charge is -2.31. The Labute approximate surface area is 164 Å². The van der Waals surface area contributed by atoms with Crippen LogP contribution in [-0.4, -0.2) is 45.0 Å². The molecule has 1 amide bonds. The molecule has 0 spiro atoms. The molecule has 0 saturated carbocycles. The number of nitrogens with zero attached hydrogens (tertiary/aromatic N) is 3. The van der Waals surface area contributed by atoms with Gasteiger partial charge < -0.3 is 14.6 Å². The normalized spacial score (nSPS) is 15.4. The standard InChI is InChI=1S/C20H17FN4O2S/c21-14-2-1-3-17-18(14)24-20(28-17)27-13-6-8-25(9-7-13)19(26)12-4-5-15-16(10-12)23-11-22-15/h1-5,10-11,13H,6-9H2,(H,22,23). The summed E-state index contributed by atoms with van der Waals surface area (Å²) in [6, 6.07) is 10.4. The number of halogens is 1. The van der Waals surface area contributed by atoms with Gasteiger partial charge in [-0.2, -0.15) is 4.98 Å². The van der Waals surface area contributed by atoms with Gasteiger partial charge in [0.1, 0.15) is 17.4 Å². The first kappa shape index (κ1) is 17.1. The lowest BCUT2D eigenvalue weighted by Crippen LogP contribution is -2.41. The number of imidazole rings is 1. The number of fused-ring (bicyclic) bond motifs is 2. The van der Waals surface area contributed by atoms with E-state index in [-0.39, 0.29) is 17.8 Å². The number of hydrogen-bond acceptors (Lipinski definition) is 5. The summed E-state index contributed by atoms with van der Waals surface area (Å²) < 4.78 is 20.5. The lowest BCUT2D eigenvalue weighted by atomic mass is 10.1. The number of aromatic nitrogens is 3. The summed E-state index contributed by atoms with van der Waals surface area (Å²) in [6.07, 6.45) is 3.03. The van der Waals surface area contributed by atoms with Crippen molar-refractivity contribution in [3.8, 4) is 5.19 Å². The lowest BCUT2D eigenvalue weighted by molar-refractivity contribution is 0.0595. The number of ether oxygens (including phenoxy) is 1. The first-order valence-corrected chi connectivity index (χ1v) is 9.93. The number of carbonyl (C=O) groups is 1. The maximum absolute atomic E-state index is 13.8. The van der Waals surface area contributed by atoms with Crippen LogP contribution in [0.25, 0.3) is 21.3 Å². The summed E-state index contributed by atoms with van der Waals surface area (Å²) in [4.78, 5) is 26.1. The van der Waals surface area contributed by atoms with E-state index < -0.39 is 0 Å². The number of para-hydroxylation sites is 1. The van der Waals surface area contributed by atoms with Crippen molar-refractivity contribution in [3.05, 3.63) is 54.1 Å². The Kier molecular flexibility index (Phi) is 4.20. The monoisotopic (exact) mass is 396 g/mol. The molecule has 142 valence electrons. The van der Waals surface area contributed by atoms with Crippen LogP contribution in [0.2, 0.25) is 0 Å². The molecule has 5 rings (SSSR count). The smallest absolute Gasteiger partial charge is 0.274 e. The Morgan fingerprint density at radius 1 is 1.25 bits per heavy atom. The molecule has 3 heterocycles. The second-order valence-corrected chi connectivity index (χ2v) is 7.80. The molecule has 4 aromatic rings. The van der Waals surface area contributed by atoms with Crippen molar-refractivity contribution >= 4 is 38.5 Å². The average Bonchev–Trinajstić information content (AvgIpc) is 3.34. The molecule has 6 nitrogen and oxygen atoms in total. The average molecular weight is 396 g/mol. The largest absolute Gasteiger partial charge is 0.467 e. The minimum absolute atomic E-state index is 0.0111. The molecule has 0 bridgehead atoms.